The van der Waals surface area contributed by atoms with E-state index >= 15 is 0 Å². The molecule has 2 heteroatoms. The van der Waals surface area contributed by atoms with E-state index in [9.17, 15) is 4.79 Å². The van der Waals surface area contributed by atoms with Gasteiger partial charge in [-0.05, 0) is 24.6 Å². The van der Waals surface area contributed by atoms with Crippen LogP contribution in [0.5, 0.6) is 0 Å². The summed E-state index contributed by atoms with van der Waals surface area (Å²) in [6.07, 6.45) is 2.82. The predicted molar refractivity (Wildman–Crippen MR) is 60.1 cm³/mol. The molecule has 0 saturated heterocycles. The van der Waals surface area contributed by atoms with Gasteiger partial charge in [0.05, 0.1) is 11.7 Å². The molecule has 0 fully saturated rings. The molecule has 0 aliphatic rings. The van der Waals surface area contributed by atoms with Crippen molar-refractivity contribution in [3.05, 3.63) is 59.9 Å². The van der Waals surface area contributed by atoms with Gasteiger partial charge in [-0.1, -0.05) is 30.3 Å². The Morgan fingerprint density at radius 2 is 1.87 bits per heavy atom. The lowest BCUT2D eigenvalue weighted by atomic mass is 10.1. The van der Waals surface area contributed by atoms with E-state index in [0.29, 0.717) is 5.69 Å². The van der Waals surface area contributed by atoms with Crippen molar-refractivity contribution in [3.8, 4) is 0 Å². The van der Waals surface area contributed by atoms with Gasteiger partial charge in [-0.2, -0.15) is 0 Å². The molecule has 0 aliphatic heterocycles. The van der Waals surface area contributed by atoms with Crippen LogP contribution in [0.15, 0.2) is 48.7 Å². The van der Waals surface area contributed by atoms with Crippen molar-refractivity contribution < 1.29 is 4.79 Å². The molecule has 1 aromatic heterocycles. The summed E-state index contributed by atoms with van der Waals surface area (Å²) in [4.78, 5) is 10.8. The van der Waals surface area contributed by atoms with Crippen LogP contribution < -0.4 is 0 Å². The van der Waals surface area contributed by atoms with Crippen LogP contribution in [0.25, 0.3) is 0 Å². The Hall–Kier alpha value is -1.83. The molecule has 0 spiro atoms. The number of carbonyl (C=O) groups is 1. The average molecular weight is 199 g/mol. The van der Waals surface area contributed by atoms with Crippen molar-refractivity contribution in [2.75, 3.05) is 0 Å². The van der Waals surface area contributed by atoms with Gasteiger partial charge in [0.25, 0.3) is 0 Å². The summed E-state index contributed by atoms with van der Waals surface area (Å²) < 4.78 is 1.97. The van der Waals surface area contributed by atoms with E-state index in [4.69, 9.17) is 0 Å². The predicted octanol–water partition coefficient (Wildman–Crippen LogP) is 2.91. The third-order valence-corrected chi connectivity index (χ3v) is 2.63. The molecule has 0 unspecified atom stereocenters. The number of rotatable bonds is 3. The fraction of sp³-hybridized carbons (Fsp3) is 0.154. The number of benzene rings is 1. The minimum Gasteiger partial charge on any atom is -0.338 e. The third-order valence-electron chi connectivity index (χ3n) is 2.63. The van der Waals surface area contributed by atoms with Crippen molar-refractivity contribution in [3.63, 3.8) is 0 Å². The maximum Gasteiger partial charge on any atom is 0.166 e. The molecule has 2 nitrogen and oxygen atoms in total. The Labute approximate surface area is 89.2 Å². The molecule has 0 amide bonds. The van der Waals surface area contributed by atoms with E-state index in [-0.39, 0.29) is 6.04 Å². The average Bonchev–Trinajstić information content (AvgIpc) is 2.77. The largest absolute Gasteiger partial charge is 0.338 e. The normalized spacial score (nSPS) is 12.3. The summed E-state index contributed by atoms with van der Waals surface area (Å²) in [5.74, 6) is 0. The number of aromatic nitrogens is 1. The topological polar surface area (TPSA) is 22.0 Å². The zero-order valence-electron chi connectivity index (χ0n) is 8.63. The van der Waals surface area contributed by atoms with Gasteiger partial charge in [0.15, 0.2) is 6.29 Å². The molecule has 0 radical (unpaired) electrons. The van der Waals surface area contributed by atoms with Gasteiger partial charge in [-0.25, -0.2) is 0 Å². The molecule has 0 aliphatic carbocycles. The van der Waals surface area contributed by atoms with Crippen molar-refractivity contribution in [2.45, 2.75) is 13.0 Å². The zero-order valence-corrected chi connectivity index (χ0v) is 8.63. The molecular weight excluding hydrogens is 186 g/mol. The van der Waals surface area contributed by atoms with E-state index in [1.807, 2.05) is 41.1 Å². The molecule has 0 N–H and O–H groups in total. The highest BCUT2D eigenvalue weighted by Gasteiger charge is 2.09. The van der Waals surface area contributed by atoms with Crippen molar-refractivity contribution in [1.29, 1.82) is 0 Å². The molecule has 2 aromatic rings. The van der Waals surface area contributed by atoms with E-state index in [2.05, 4.69) is 19.1 Å². The molecule has 1 aromatic carbocycles. The molecular formula is C13H13NO. The quantitative estimate of drug-likeness (QED) is 0.697. The first kappa shape index (κ1) is 9.71. The second kappa shape index (κ2) is 4.13. The molecule has 0 bridgehead atoms. The summed E-state index contributed by atoms with van der Waals surface area (Å²) >= 11 is 0. The van der Waals surface area contributed by atoms with Gasteiger partial charge in [0.1, 0.15) is 0 Å². The second-order valence-electron chi connectivity index (χ2n) is 3.54. The van der Waals surface area contributed by atoms with Gasteiger partial charge in [-0.3, -0.25) is 4.79 Å². The minimum absolute atomic E-state index is 0.196. The monoisotopic (exact) mass is 199 g/mol. The van der Waals surface area contributed by atoms with Crippen LogP contribution in [-0.4, -0.2) is 10.9 Å². The lowest BCUT2D eigenvalue weighted by Gasteiger charge is -2.15. The maximum absolute atomic E-state index is 10.8. The Morgan fingerprint density at radius 3 is 2.53 bits per heavy atom. The number of nitrogens with zero attached hydrogens (tertiary/aromatic N) is 1. The van der Waals surface area contributed by atoms with Gasteiger partial charge < -0.3 is 4.57 Å². The number of carbonyl (C=O) groups excluding carboxylic acids is 1. The van der Waals surface area contributed by atoms with Gasteiger partial charge in [0, 0.05) is 6.20 Å². The van der Waals surface area contributed by atoms with Crippen LogP contribution in [-0.2, 0) is 0 Å². The lowest BCUT2D eigenvalue weighted by Crippen LogP contribution is -2.08. The summed E-state index contributed by atoms with van der Waals surface area (Å²) in [6, 6.07) is 14.1. The second-order valence-corrected chi connectivity index (χ2v) is 3.54. The molecule has 76 valence electrons. The van der Waals surface area contributed by atoms with Crippen LogP contribution >= 0.6 is 0 Å². The standard InChI is InChI=1S/C13H13NO/c1-11(12-6-3-2-4-7-12)14-9-5-8-13(14)10-15/h2-11H,1H3/t11-/m1/s1. The SMILES string of the molecule is C[C@H](c1ccccc1)n1cccc1C=O. The van der Waals surface area contributed by atoms with Gasteiger partial charge in [0.2, 0.25) is 0 Å². The van der Waals surface area contributed by atoms with Crippen LogP contribution in [0.4, 0.5) is 0 Å². The van der Waals surface area contributed by atoms with E-state index in [1.165, 1.54) is 5.56 Å². The summed E-state index contributed by atoms with van der Waals surface area (Å²) in [5, 5.41) is 0. The molecule has 15 heavy (non-hydrogen) atoms. The number of aldehydes is 1. The first-order valence-electron chi connectivity index (χ1n) is 5.00. The maximum atomic E-state index is 10.8. The molecule has 1 heterocycles. The molecule has 0 saturated carbocycles. The Morgan fingerprint density at radius 1 is 1.13 bits per heavy atom. The van der Waals surface area contributed by atoms with Gasteiger partial charge >= 0.3 is 0 Å². The summed E-state index contributed by atoms with van der Waals surface area (Å²) in [5.41, 5.74) is 1.92. The van der Waals surface area contributed by atoms with Crippen molar-refractivity contribution in [1.82, 2.24) is 4.57 Å². The zero-order chi connectivity index (χ0) is 10.7. The highest BCUT2D eigenvalue weighted by Crippen LogP contribution is 2.19. The van der Waals surface area contributed by atoms with Crippen LogP contribution in [0.3, 0.4) is 0 Å². The first-order valence-corrected chi connectivity index (χ1v) is 5.00. The Bertz CT molecular complexity index is 445. The highest BCUT2D eigenvalue weighted by molar-refractivity contribution is 5.72. The molecule has 1 atom stereocenters. The van der Waals surface area contributed by atoms with Gasteiger partial charge in [-0.15, -0.1) is 0 Å². The number of hydrogen-bond donors (Lipinski definition) is 0. The lowest BCUT2D eigenvalue weighted by molar-refractivity contribution is 0.111. The Kier molecular flexibility index (Phi) is 2.68. The third kappa shape index (κ3) is 1.84. The fourth-order valence-corrected chi connectivity index (χ4v) is 1.75. The molecule has 2 rings (SSSR count). The van der Waals surface area contributed by atoms with Crippen LogP contribution in [0.1, 0.15) is 29.0 Å². The summed E-state index contributed by atoms with van der Waals surface area (Å²) in [6.45, 7) is 2.09. The highest BCUT2D eigenvalue weighted by atomic mass is 16.1. The summed E-state index contributed by atoms with van der Waals surface area (Å²) in [7, 11) is 0. The van der Waals surface area contributed by atoms with E-state index in [0.717, 1.165) is 6.29 Å². The van der Waals surface area contributed by atoms with Crippen molar-refractivity contribution in [2.24, 2.45) is 0 Å². The van der Waals surface area contributed by atoms with Crippen LogP contribution in [0, 0.1) is 0 Å². The smallest absolute Gasteiger partial charge is 0.166 e. The van der Waals surface area contributed by atoms with E-state index < -0.39 is 0 Å². The minimum atomic E-state index is 0.196. The van der Waals surface area contributed by atoms with E-state index in [1.54, 1.807) is 0 Å². The number of hydrogen-bond acceptors (Lipinski definition) is 1. The van der Waals surface area contributed by atoms with Crippen molar-refractivity contribution >= 4 is 6.29 Å². The fourth-order valence-electron chi connectivity index (χ4n) is 1.75. The van der Waals surface area contributed by atoms with Crippen LogP contribution in [0.2, 0.25) is 0 Å². The Balaban J connectivity index is 2.36. The first-order chi connectivity index (χ1) is 7.33.